The monoisotopic (exact) mass is 393 g/mol. The van der Waals surface area contributed by atoms with Crippen molar-refractivity contribution in [2.24, 2.45) is 0 Å². The average molecular weight is 394 g/mol. The summed E-state index contributed by atoms with van der Waals surface area (Å²) in [5.41, 5.74) is 1.81. The molecule has 3 rings (SSSR count). The normalized spacial score (nSPS) is 9.92. The molecule has 0 saturated carbocycles. The van der Waals surface area contributed by atoms with Crippen molar-refractivity contribution in [3.8, 4) is 6.07 Å². The Balaban J connectivity index is 1.68. The van der Waals surface area contributed by atoms with E-state index in [1.54, 1.807) is 48.5 Å². The molecule has 1 amide bonds. The zero-order valence-corrected chi connectivity index (χ0v) is 14.5. The molecule has 2 N–H and O–H groups in total. The van der Waals surface area contributed by atoms with E-state index in [2.05, 4.69) is 42.8 Å². The van der Waals surface area contributed by atoms with Gasteiger partial charge in [0.25, 0.3) is 5.91 Å². The molecule has 0 bridgehead atoms. The minimum Gasteiger partial charge on any atom is -0.339 e. The van der Waals surface area contributed by atoms with Gasteiger partial charge in [-0.25, -0.2) is 0 Å². The van der Waals surface area contributed by atoms with Gasteiger partial charge in [0.1, 0.15) is 0 Å². The fourth-order valence-electron chi connectivity index (χ4n) is 2.10. The van der Waals surface area contributed by atoms with Crippen molar-refractivity contribution < 1.29 is 4.79 Å². The summed E-state index contributed by atoms with van der Waals surface area (Å²) < 4.78 is 0.824. The first-order valence-electron chi connectivity index (χ1n) is 7.32. The summed E-state index contributed by atoms with van der Waals surface area (Å²) in [6, 6.07) is 19.5. The molecule has 25 heavy (non-hydrogen) atoms. The molecular formula is C18H12BrN5O. The van der Waals surface area contributed by atoms with Gasteiger partial charge in [-0.05, 0) is 48.5 Å². The lowest BCUT2D eigenvalue weighted by atomic mass is 10.2. The van der Waals surface area contributed by atoms with Gasteiger partial charge in [0.15, 0.2) is 11.6 Å². The summed E-state index contributed by atoms with van der Waals surface area (Å²) in [7, 11) is 0. The van der Waals surface area contributed by atoms with Crippen LogP contribution in [0.25, 0.3) is 0 Å². The second kappa shape index (κ2) is 7.55. The van der Waals surface area contributed by atoms with Crippen LogP contribution >= 0.6 is 15.9 Å². The van der Waals surface area contributed by atoms with Gasteiger partial charge in [-0.15, -0.1) is 10.2 Å². The number of nitrogens with zero attached hydrogens (tertiary/aromatic N) is 3. The van der Waals surface area contributed by atoms with Gasteiger partial charge in [0.2, 0.25) is 0 Å². The van der Waals surface area contributed by atoms with Crippen LogP contribution in [0, 0.1) is 11.3 Å². The Labute approximate surface area is 152 Å². The van der Waals surface area contributed by atoms with Crippen LogP contribution in [-0.4, -0.2) is 16.1 Å². The number of nitrogens with one attached hydrogen (secondary N) is 2. The number of carbonyl (C=O) groups excluding carboxylic acids is 1. The van der Waals surface area contributed by atoms with E-state index in [0.29, 0.717) is 22.8 Å². The van der Waals surface area contributed by atoms with Crippen molar-refractivity contribution in [3.63, 3.8) is 0 Å². The summed E-state index contributed by atoms with van der Waals surface area (Å²) in [5, 5.41) is 22.7. The first kappa shape index (κ1) is 16.6. The molecule has 0 unspecified atom stereocenters. The van der Waals surface area contributed by atoms with Crippen molar-refractivity contribution in [2.75, 3.05) is 10.6 Å². The van der Waals surface area contributed by atoms with Crippen molar-refractivity contribution >= 4 is 39.2 Å². The van der Waals surface area contributed by atoms with Gasteiger partial charge >= 0.3 is 0 Å². The lowest BCUT2D eigenvalue weighted by Crippen LogP contribution is -2.13. The van der Waals surface area contributed by atoms with E-state index < -0.39 is 0 Å². The fraction of sp³-hybridized carbons (Fsp3) is 0. The third kappa shape index (κ3) is 4.40. The molecule has 0 aliphatic rings. The molecule has 0 aliphatic carbocycles. The van der Waals surface area contributed by atoms with Crippen molar-refractivity contribution in [3.05, 3.63) is 76.3 Å². The van der Waals surface area contributed by atoms with E-state index in [9.17, 15) is 4.79 Å². The average Bonchev–Trinajstić information content (AvgIpc) is 2.63. The number of anilines is 3. The van der Waals surface area contributed by atoms with Gasteiger partial charge in [-0.3, -0.25) is 4.79 Å². The van der Waals surface area contributed by atoms with Crippen molar-refractivity contribution in [1.82, 2.24) is 10.2 Å². The van der Waals surface area contributed by atoms with E-state index in [0.717, 1.165) is 10.2 Å². The number of halogens is 1. The standard InChI is InChI=1S/C18H12BrN5O/c19-14-5-2-4-13(10-14)18(25)22-17-8-7-16(23-24-17)21-15-6-1-3-12(9-15)11-20/h1-10H,(H,21,23)(H,22,24,25). The topological polar surface area (TPSA) is 90.7 Å². The van der Waals surface area contributed by atoms with Crippen molar-refractivity contribution in [1.29, 1.82) is 5.26 Å². The Bertz CT molecular complexity index is 950. The zero-order chi connectivity index (χ0) is 17.6. The summed E-state index contributed by atoms with van der Waals surface area (Å²) >= 11 is 3.33. The molecule has 1 aromatic heterocycles. The molecule has 0 radical (unpaired) electrons. The predicted molar refractivity (Wildman–Crippen MR) is 98.6 cm³/mol. The fourth-order valence-corrected chi connectivity index (χ4v) is 2.50. The smallest absolute Gasteiger partial charge is 0.256 e. The zero-order valence-electron chi connectivity index (χ0n) is 12.9. The molecule has 6 nitrogen and oxygen atoms in total. The third-order valence-electron chi connectivity index (χ3n) is 3.26. The highest BCUT2D eigenvalue weighted by Crippen LogP contribution is 2.17. The molecule has 7 heteroatoms. The SMILES string of the molecule is N#Cc1cccc(Nc2ccc(NC(=O)c3cccc(Br)c3)nn2)c1. The number of benzene rings is 2. The largest absolute Gasteiger partial charge is 0.339 e. The predicted octanol–water partition coefficient (Wildman–Crippen LogP) is 4.11. The first-order chi connectivity index (χ1) is 12.1. The molecule has 0 aliphatic heterocycles. The van der Waals surface area contributed by atoms with Crippen LogP contribution in [0.3, 0.4) is 0 Å². The summed E-state index contributed by atoms with van der Waals surface area (Å²) in [4.78, 5) is 12.2. The van der Waals surface area contributed by atoms with E-state index in [-0.39, 0.29) is 5.91 Å². The number of amides is 1. The first-order valence-corrected chi connectivity index (χ1v) is 8.11. The number of aromatic nitrogens is 2. The van der Waals surface area contributed by atoms with Crippen LogP contribution in [0.1, 0.15) is 15.9 Å². The highest BCUT2D eigenvalue weighted by molar-refractivity contribution is 9.10. The van der Waals surface area contributed by atoms with E-state index in [4.69, 9.17) is 5.26 Å². The highest BCUT2D eigenvalue weighted by Gasteiger charge is 2.08. The minimum absolute atomic E-state index is 0.266. The molecule has 1 heterocycles. The van der Waals surface area contributed by atoms with Crippen LogP contribution in [0.2, 0.25) is 0 Å². The summed E-state index contributed by atoms with van der Waals surface area (Å²) in [6.45, 7) is 0. The molecular weight excluding hydrogens is 382 g/mol. The molecule has 0 atom stereocenters. The van der Waals surface area contributed by atoms with Gasteiger partial charge < -0.3 is 10.6 Å². The Morgan fingerprint density at radius 1 is 1.00 bits per heavy atom. The van der Waals surface area contributed by atoms with Crippen LogP contribution in [0.5, 0.6) is 0 Å². The van der Waals surface area contributed by atoms with Gasteiger partial charge in [0.05, 0.1) is 11.6 Å². The second-order valence-corrected chi connectivity index (χ2v) is 6.00. The number of hydrogen-bond acceptors (Lipinski definition) is 5. The second-order valence-electron chi connectivity index (χ2n) is 5.09. The van der Waals surface area contributed by atoms with Crippen LogP contribution in [0.15, 0.2) is 65.1 Å². The number of rotatable bonds is 4. The molecule has 3 aromatic rings. The lowest BCUT2D eigenvalue weighted by molar-refractivity contribution is 0.102. The number of carbonyl (C=O) groups is 1. The van der Waals surface area contributed by atoms with Gasteiger partial charge in [0, 0.05) is 15.7 Å². The Kier molecular flexibility index (Phi) is 5.02. The molecule has 2 aromatic carbocycles. The quantitative estimate of drug-likeness (QED) is 0.695. The maximum Gasteiger partial charge on any atom is 0.256 e. The molecule has 0 saturated heterocycles. The maximum atomic E-state index is 12.2. The molecule has 122 valence electrons. The highest BCUT2D eigenvalue weighted by atomic mass is 79.9. The van der Waals surface area contributed by atoms with Gasteiger partial charge in [-0.1, -0.05) is 28.1 Å². The van der Waals surface area contributed by atoms with Crippen LogP contribution < -0.4 is 10.6 Å². The van der Waals surface area contributed by atoms with E-state index >= 15 is 0 Å². The lowest BCUT2D eigenvalue weighted by Gasteiger charge is -2.07. The van der Waals surface area contributed by atoms with Crippen LogP contribution in [0.4, 0.5) is 17.3 Å². The summed E-state index contributed by atoms with van der Waals surface area (Å²) in [6.07, 6.45) is 0. The van der Waals surface area contributed by atoms with Crippen molar-refractivity contribution in [2.45, 2.75) is 0 Å². The Morgan fingerprint density at radius 2 is 1.76 bits per heavy atom. The van der Waals surface area contributed by atoms with E-state index in [1.165, 1.54) is 0 Å². The Hall–Kier alpha value is -3.24. The van der Waals surface area contributed by atoms with Gasteiger partial charge in [-0.2, -0.15) is 5.26 Å². The summed E-state index contributed by atoms with van der Waals surface area (Å²) in [5.74, 6) is 0.592. The third-order valence-corrected chi connectivity index (χ3v) is 3.75. The Morgan fingerprint density at radius 3 is 2.48 bits per heavy atom. The number of hydrogen-bond donors (Lipinski definition) is 2. The maximum absolute atomic E-state index is 12.2. The van der Waals surface area contributed by atoms with E-state index in [1.807, 2.05) is 12.1 Å². The number of nitriles is 1. The minimum atomic E-state index is -0.266. The molecule has 0 spiro atoms. The molecule has 0 fully saturated rings. The van der Waals surface area contributed by atoms with Crippen LogP contribution in [-0.2, 0) is 0 Å².